The van der Waals surface area contributed by atoms with Crippen molar-refractivity contribution in [3.63, 3.8) is 0 Å². The Morgan fingerprint density at radius 1 is 0.923 bits per heavy atom. The van der Waals surface area contributed by atoms with Crippen LogP contribution in [-0.2, 0) is 20.8 Å². The lowest BCUT2D eigenvalue weighted by molar-refractivity contribution is -0.114. The second-order valence-electron chi connectivity index (χ2n) is 7.00. The maximum atomic E-state index is 13.9. The van der Waals surface area contributed by atoms with Gasteiger partial charge in [-0.15, -0.1) is 0 Å². The van der Waals surface area contributed by atoms with E-state index >= 15 is 0 Å². The quantitative estimate of drug-likeness (QED) is 0.745. The fraction of sp³-hybridized carbons (Fsp3) is 0.455. The highest BCUT2D eigenvalue weighted by atomic mass is 19.1. The van der Waals surface area contributed by atoms with Gasteiger partial charge in [0.1, 0.15) is 24.1 Å². The number of ether oxygens (including phenoxy) is 3. The van der Waals surface area contributed by atoms with Crippen LogP contribution < -0.4 is 0 Å². The molecular weight excluding hydrogens is 331 g/mol. The third-order valence-electron chi connectivity index (χ3n) is 5.44. The molecule has 3 nitrogen and oxygen atoms in total. The molecule has 0 amide bonds. The summed E-state index contributed by atoms with van der Waals surface area (Å²) in [6.45, 7) is 4.44. The minimum absolute atomic E-state index is 0.0474. The van der Waals surface area contributed by atoms with E-state index in [1.165, 1.54) is 17.2 Å². The Bertz CT molecular complexity index is 763. The number of benzene rings is 2. The summed E-state index contributed by atoms with van der Waals surface area (Å²) < 4.78 is 32.8. The molecule has 0 N–H and O–H groups in total. The van der Waals surface area contributed by atoms with Gasteiger partial charge in [-0.2, -0.15) is 0 Å². The summed E-state index contributed by atoms with van der Waals surface area (Å²) in [7, 11) is 0. The second-order valence-corrected chi connectivity index (χ2v) is 7.00. The van der Waals surface area contributed by atoms with Crippen molar-refractivity contribution in [1.29, 1.82) is 0 Å². The molecule has 0 bridgehead atoms. The topological polar surface area (TPSA) is 27.7 Å². The van der Waals surface area contributed by atoms with Crippen LogP contribution in [0.25, 0.3) is 0 Å². The molecular formula is C22H25FO3. The number of halogens is 1. The molecule has 0 saturated carbocycles. The first-order valence-corrected chi connectivity index (χ1v) is 9.47. The highest BCUT2D eigenvalue weighted by Crippen LogP contribution is 2.47. The summed E-state index contributed by atoms with van der Waals surface area (Å²) in [4.78, 5) is 0. The van der Waals surface area contributed by atoms with Gasteiger partial charge in [0.25, 0.3) is 0 Å². The van der Waals surface area contributed by atoms with Crippen LogP contribution in [0, 0.1) is 5.82 Å². The van der Waals surface area contributed by atoms with Crippen molar-refractivity contribution >= 4 is 0 Å². The van der Waals surface area contributed by atoms with Crippen LogP contribution in [0.3, 0.4) is 0 Å². The van der Waals surface area contributed by atoms with Crippen molar-refractivity contribution in [2.24, 2.45) is 0 Å². The molecule has 0 radical (unpaired) electrons. The Morgan fingerprint density at radius 2 is 1.65 bits per heavy atom. The summed E-state index contributed by atoms with van der Waals surface area (Å²) in [5.74, 6) is -0.239. The standard InChI is InChI=1S/C22H25FO3/c1-3-18-15-10-6-7-11-16(15)20-22(25-18)21(19(4-2)26-20)24-13-14-9-5-8-12-17(14)23/h5-12,18-22H,3-4,13H2,1-2H3/t18-,19-,20-,21+,22+/m1/s1. The maximum Gasteiger partial charge on any atom is 0.128 e. The van der Waals surface area contributed by atoms with E-state index in [9.17, 15) is 4.39 Å². The predicted octanol–water partition coefficient (Wildman–Crippen LogP) is 5.11. The number of fused-ring (bicyclic) bond motifs is 3. The average molecular weight is 356 g/mol. The van der Waals surface area contributed by atoms with Gasteiger partial charge in [0.2, 0.25) is 0 Å². The third kappa shape index (κ3) is 3.07. The van der Waals surface area contributed by atoms with E-state index in [2.05, 4.69) is 26.0 Å². The number of hydrogen-bond donors (Lipinski definition) is 0. The average Bonchev–Trinajstić information content (AvgIpc) is 3.04. The zero-order valence-electron chi connectivity index (χ0n) is 15.2. The van der Waals surface area contributed by atoms with Gasteiger partial charge in [-0.1, -0.05) is 56.3 Å². The van der Waals surface area contributed by atoms with Crippen molar-refractivity contribution < 1.29 is 18.6 Å². The van der Waals surface area contributed by atoms with Gasteiger partial charge in [0.15, 0.2) is 0 Å². The SMILES string of the molecule is CC[C@H]1O[C@@H]2[C@@H](OCc3ccccc3F)[C@@H](CC)O[C@@H]2c2ccccc21. The van der Waals surface area contributed by atoms with Crippen LogP contribution in [0.1, 0.15) is 55.6 Å². The Morgan fingerprint density at radius 3 is 2.38 bits per heavy atom. The van der Waals surface area contributed by atoms with Crippen molar-refractivity contribution in [2.45, 2.75) is 63.8 Å². The Kier molecular flexibility index (Phi) is 5.07. The molecule has 2 aromatic rings. The van der Waals surface area contributed by atoms with E-state index in [1.54, 1.807) is 12.1 Å². The molecule has 26 heavy (non-hydrogen) atoms. The molecule has 4 heteroatoms. The van der Waals surface area contributed by atoms with Gasteiger partial charge in [0, 0.05) is 5.56 Å². The largest absolute Gasteiger partial charge is 0.368 e. The zero-order valence-corrected chi connectivity index (χ0v) is 15.2. The van der Waals surface area contributed by atoms with E-state index < -0.39 is 0 Å². The molecule has 2 aliphatic heterocycles. The van der Waals surface area contributed by atoms with E-state index in [4.69, 9.17) is 14.2 Å². The van der Waals surface area contributed by atoms with Crippen LogP contribution in [0.2, 0.25) is 0 Å². The van der Waals surface area contributed by atoms with E-state index in [1.807, 2.05) is 18.2 Å². The smallest absolute Gasteiger partial charge is 0.128 e. The van der Waals surface area contributed by atoms with E-state index in [0.29, 0.717) is 5.56 Å². The molecule has 2 aromatic carbocycles. The van der Waals surface area contributed by atoms with Crippen LogP contribution >= 0.6 is 0 Å². The fourth-order valence-electron chi connectivity index (χ4n) is 4.10. The van der Waals surface area contributed by atoms with Gasteiger partial charge in [0.05, 0.1) is 18.8 Å². The third-order valence-corrected chi connectivity index (χ3v) is 5.44. The van der Waals surface area contributed by atoms with Crippen LogP contribution in [-0.4, -0.2) is 18.3 Å². The van der Waals surface area contributed by atoms with Crippen LogP contribution in [0.4, 0.5) is 4.39 Å². The number of rotatable bonds is 5. The number of hydrogen-bond acceptors (Lipinski definition) is 3. The van der Waals surface area contributed by atoms with Gasteiger partial charge >= 0.3 is 0 Å². The molecule has 5 atom stereocenters. The van der Waals surface area contributed by atoms with Gasteiger partial charge in [-0.3, -0.25) is 0 Å². The lowest BCUT2D eigenvalue weighted by atomic mass is 9.89. The molecule has 0 spiro atoms. The van der Waals surface area contributed by atoms with Crippen LogP contribution in [0.15, 0.2) is 48.5 Å². The lowest BCUT2D eigenvalue weighted by Gasteiger charge is -2.35. The highest BCUT2D eigenvalue weighted by Gasteiger charge is 2.50. The molecule has 0 aromatic heterocycles. The predicted molar refractivity (Wildman–Crippen MR) is 97.2 cm³/mol. The van der Waals surface area contributed by atoms with E-state index in [0.717, 1.165) is 12.8 Å². The maximum absolute atomic E-state index is 13.9. The van der Waals surface area contributed by atoms with Gasteiger partial charge < -0.3 is 14.2 Å². The monoisotopic (exact) mass is 356 g/mol. The van der Waals surface area contributed by atoms with Crippen molar-refractivity contribution in [3.05, 3.63) is 71.0 Å². The summed E-state index contributed by atoms with van der Waals surface area (Å²) in [6.07, 6.45) is 1.24. The first-order chi connectivity index (χ1) is 12.7. The summed E-state index contributed by atoms with van der Waals surface area (Å²) in [5, 5.41) is 0. The van der Waals surface area contributed by atoms with Gasteiger partial charge in [-0.05, 0) is 30.0 Å². The van der Waals surface area contributed by atoms with Crippen molar-refractivity contribution in [1.82, 2.24) is 0 Å². The van der Waals surface area contributed by atoms with Crippen molar-refractivity contribution in [2.75, 3.05) is 0 Å². The van der Waals surface area contributed by atoms with Crippen molar-refractivity contribution in [3.8, 4) is 0 Å². The molecule has 0 unspecified atom stereocenters. The Labute approximate surface area is 154 Å². The molecule has 2 heterocycles. The second kappa shape index (κ2) is 7.47. The minimum Gasteiger partial charge on any atom is -0.368 e. The molecule has 2 aliphatic rings. The molecule has 0 aliphatic carbocycles. The lowest BCUT2D eigenvalue weighted by Crippen LogP contribution is -2.38. The molecule has 138 valence electrons. The Balaban J connectivity index is 1.59. The molecule has 4 rings (SSSR count). The van der Waals surface area contributed by atoms with Gasteiger partial charge in [-0.25, -0.2) is 4.39 Å². The fourth-order valence-corrected chi connectivity index (χ4v) is 4.10. The summed E-state index contributed by atoms with van der Waals surface area (Å²) in [5.41, 5.74) is 2.97. The first-order valence-electron chi connectivity index (χ1n) is 9.47. The summed E-state index contributed by atoms with van der Waals surface area (Å²) >= 11 is 0. The van der Waals surface area contributed by atoms with E-state index in [-0.39, 0.29) is 42.9 Å². The first kappa shape index (κ1) is 17.7. The summed E-state index contributed by atoms with van der Waals surface area (Å²) in [6, 6.07) is 15.1. The normalized spacial score (nSPS) is 30.0. The Hall–Kier alpha value is -1.75. The molecule has 1 fully saturated rings. The minimum atomic E-state index is -0.239. The molecule has 1 saturated heterocycles. The zero-order chi connectivity index (χ0) is 18.1. The highest BCUT2D eigenvalue weighted by molar-refractivity contribution is 5.35. The van der Waals surface area contributed by atoms with Crippen LogP contribution in [0.5, 0.6) is 0 Å².